The van der Waals surface area contributed by atoms with Crippen LogP contribution >= 0.6 is 23.7 Å². The molecular weight excluding hydrogens is 341 g/mol. The van der Waals surface area contributed by atoms with Crippen molar-refractivity contribution in [1.29, 1.82) is 0 Å². The Morgan fingerprint density at radius 3 is 2.86 bits per heavy atom. The Hall–Kier alpha value is -0.990. The van der Waals surface area contributed by atoms with Crippen LogP contribution in [0.25, 0.3) is 0 Å². The predicted octanol–water partition coefficient (Wildman–Crippen LogP) is 2.90. The van der Waals surface area contributed by atoms with Crippen LogP contribution in [0.4, 0.5) is 13.2 Å². The molecule has 1 aromatic heterocycles. The number of thiophene rings is 1. The summed E-state index contributed by atoms with van der Waals surface area (Å²) in [6, 6.07) is 2.92. The second-order valence-corrected chi connectivity index (χ2v) is 6.06. The molecule has 0 saturated carbocycles. The van der Waals surface area contributed by atoms with Crippen LogP contribution in [-0.4, -0.2) is 31.8 Å². The number of halogens is 4. The van der Waals surface area contributed by atoms with Crippen molar-refractivity contribution in [3.8, 4) is 5.06 Å². The molecule has 0 aromatic carbocycles. The zero-order chi connectivity index (χ0) is 15.5. The van der Waals surface area contributed by atoms with Gasteiger partial charge in [0, 0.05) is 11.4 Å². The van der Waals surface area contributed by atoms with Crippen LogP contribution in [0, 0.1) is 5.92 Å². The number of amides is 1. The molecule has 4 nitrogen and oxygen atoms in total. The lowest BCUT2D eigenvalue weighted by molar-refractivity contribution is -0.152. The van der Waals surface area contributed by atoms with Crippen molar-refractivity contribution >= 4 is 29.7 Å². The van der Waals surface area contributed by atoms with E-state index in [0.29, 0.717) is 6.54 Å². The number of alkyl halides is 3. The minimum atomic E-state index is -4.35. The Labute approximate surface area is 136 Å². The van der Waals surface area contributed by atoms with E-state index in [1.54, 1.807) is 13.0 Å². The van der Waals surface area contributed by atoms with E-state index in [-0.39, 0.29) is 35.3 Å². The molecule has 1 fully saturated rings. The molecule has 1 aliphatic rings. The summed E-state index contributed by atoms with van der Waals surface area (Å²) in [7, 11) is 0. The van der Waals surface area contributed by atoms with E-state index in [1.165, 1.54) is 6.07 Å². The van der Waals surface area contributed by atoms with Gasteiger partial charge in [-0.15, -0.1) is 23.7 Å². The van der Waals surface area contributed by atoms with Crippen molar-refractivity contribution < 1.29 is 22.7 Å². The van der Waals surface area contributed by atoms with E-state index in [1.807, 2.05) is 0 Å². The van der Waals surface area contributed by atoms with Gasteiger partial charge in [-0.1, -0.05) is 0 Å². The highest BCUT2D eigenvalue weighted by atomic mass is 35.5. The molecule has 9 heteroatoms. The summed E-state index contributed by atoms with van der Waals surface area (Å²) in [5, 5.41) is 6.19. The number of hydrogen-bond donors (Lipinski definition) is 2. The quantitative estimate of drug-likeness (QED) is 0.851. The van der Waals surface area contributed by atoms with Gasteiger partial charge in [0.15, 0.2) is 11.7 Å². The van der Waals surface area contributed by atoms with Crippen LogP contribution in [0.2, 0.25) is 0 Å². The fourth-order valence-electron chi connectivity index (χ4n) is 2.08. The largest absolute Gasteiger partial charge is 0.475 e. The van der Waals surface area contributed by atoms with Crippen molar-refractivity contribution in [1.82, 2.24) is 10.6 Å². The molecular formula is C13H18ClF3N2O2S. The third kappa shape index (κ3) is 5.66. The maximum Gasteiger partial charge on any atom is 0.422 e. The Balaban J connectivity index is 0.00000242. The Morgan fingerprint density at radius 2 is 2.27 bits per heavy atom. The highest BCUT2D eigenvalue weighted by Gasteiger charge is 2.29. The molecule has 0 radical (unpaired) electrons. The topological polar surface area (TPSA) is 50.4 Å². The van der Waals surface area contributed by atoms with Gasteiger partial charge < -0.3 is 15.4 Å². The normalized spacial score (nSPS) is 19.4. The summed E-state index contributed by atoms with van der Waals surface area (Å²) in [4.78, 5) is 12.7. The van der Waals surface area contributed by atoms with Crippen molar-refractivity contribution in [2.45, 2.75) is 25.6 Å². The van der Waals surface area contributed by atoms with E-state index in [9.17, 15) is 18.0 Å². The molecule has 2 heterocycles. The molecule has 1 aromatic rings. The average Bonchev–Trinajstić information content (AvgIpc) is 3.07. The van der Waals surface area contributed by atoms with E-state index in [2.05, 4.69) is 15.4 Å². The molecule has 2 N–H and O–H groups in total. The fourth-order valence-corrected chi connectivity index (χ4v) is 2.94. The maximum absolute atomic E-state index is 12.1. The van der Waals surface area contributed by atoms with Gasteiger partial charge in [-0.05, 0) is 32.0 Å². The van der Waals surface area contributed by atoms with Gasteiger partial charge in [0.1, 0.15) is 0 Å². The Morgan fingerprint density at radius 1 is 1.55 bits per heavy atom. The smallest absolute Gasteiger partial charge is 0.422 e. The standard InChI is InChI=1S/C13H17F3N2O2S.ClH/c1-8(18-12(19)9-4-5-17-6-9)10-2-3-11(21-10)20-7-13(14,15)16;/h2-3,8-9,17H,4-7H2,1H3,(H,18,19);1H/t8?,9-;/m1./s1. The molecule has 22 heavy (non-hydrogen) atoms. The minimum Gasteiger partial charge on any atom is -0.475 e. The zero-order valence-corrected chi connectivity index (χ0v) is 13.5. The van der Waals surface area contributed by atoms with E-state index in [4.69, 9.17) is 0 Å². The second-order valence-electron chi connectivity index (χ2n) is 4.98. The maximum atomic E-state index is 12.1. The SMILES string of the molecule is CC(NC(=O)[C@@H]1CCNC1)c1ccc(OCC(F)(F)F)s1.Cl. The lowest BCUT2D eigenvalue weighted by Crippen LogP contribution is -2.33. The first-order valence-electron chi connectivity index (χ1n) is 6.65. The van der Waals surface area contributed by atoms with Crippen molar-refractivity contribution in [2.24, 2.45) is 5.92 Å². The number of nitrogens with one attached hydrogen (secondary N) is 2. The summed E-state index contributed by atoms with van der Waals surface area (Å²) in [6.07, 6.45) is -3.54. The van der Waals surface area contributed by atoms with E-state index in [0.717, 1.165) is 29.2 Å². The predicted molar refractivity (Wildman–Crippen MR) is 80.7 cm³/mol. The lowest BCUT2D eigenvalue weighted by atomic mass is 10.1. The summed E-state index contributed by atoms with van der Waals surface area (Å²) in [5.74, 6) is -0.0629. The Bertz CT molecular complexity index is 490. The van der Waals surface area contributed by atoms with E-state index < -0.39 is 12.8 Å². The first-order valence-corrected chi connectivity index (χ1v) is 7.47. The monoisotopic (exact) mass is 358 g/mol. The number of carbonyl (C=O) groups is 1. The number of rotatable bonds is 5. The number of hydrogen-bond acceptors (Lipinski definition) is 4. The molecule has 1 aliphatic heterocycles. The van der Waals surface area contributed by atoms with Crippen LogP contribution in [0.1, 0.15) is 24.3 Å². The zero-order valence-electron chi connectivity index (χ0n) is 11.9. The molecule has 2 atom stereocenters. The summed E-state index contributed by atoms with van der Waals surface area (Å²) in [6.45, 7) is 2.00. The average molecular weight is 359 g/mol. The molecule has 1 saturated heterocycles. The lowest BCUT2D eigenvalue weighted by Gasteiger charge is -2.15. The Kier molecular flexibility index (Phi) is 6.96. The highest BCUT2D eigenvalue weighted by molar-refractivity contribution is 7.13. The van der Waals surface area contributed by atoms with Crippen LogP contribution in [0.15, 0.2) is 12.1 Å². The number of carbonyl (C=O) groups excluding carboxylic acids is 1. The minimum absolute atomic E-state index is 0. The third-order valence-corrected chi connectivity index (χ3v) is 4.38. The van der Waals surface area contributed by atoms with Crippen molar-refractivity contribution in [3.05, 3.63) is 17.0 Å². The van der Waals surface area contributed by atoms with Crippen molar-refractivity contribution in [2.75, 3.05) is 19.7 Å². The highest BCUT2D eigenvalue weighted by Crippen LogP contribution is 2.30. The molecule has 0 aliphatic carbocycles. The van der Waals surface area contributed by atoms with Crippen molar-refractivity contribution in [3.63, 3.8) is 0 Å². The van der Waals surface area contributed by atoms with Gasteiger partial charge in [0.25, 0.3) is 0 Å². The van der Waals surface area contributed by atoms with Crippen LogP contribution in [0.5, 0.6) is 5.06 Å². The molecule has 0 bridgehead atoms. The number of ether oxygens (including phenoxy) is 1. The first kappa shape index (κ1) is 19.1. The summed E-state index contributed by atoms with van der Waals surface area (Å²) in [5.41, 5.74) is 0. The fraction of sp³-hybridized carbons (Fsp3) is 0.615. The van der Waals surface area contributed by atoms with Gasteiger partial charge in [-0.2, -0.15) is 13.2 Å². The van der Waals surface area contributed by atoms with Crippen LogP contribution in [0.3, 0.4) is 0 Å². The summed E-state index contributed by atoms with van der Waals surface area (Å²) >= 11 is 1.11. The van der Waals surface area contributed by atoms with Gasteiger partial charge in [-0.3, -0.25) is 4.79 Å². The van der Waals surface area contributed by atoms with Gasteiger partial charge in [0.2, 0.25) is 5.91 Å². The second kappa shape index (κ2) is 8.03. The van der Waals surface area contributed by atoms with Crippen LogP contribution in [-0.2, 0) is 4.79 Å². The molecule has 126 valence electrons. The van der Waals surface area contributed by atoms with Gasteiger partial charge >= 0.3 is 6.18 Å². The van der Waals surface area contributed by atoms with Gasteiger partial charge in [-0.25, -0.2) is 0 Å². The molecule has 0 spiro atoms. The molecule has 1 amide bonds. The van der Waals surface area contributed by atoms with Gasteiger partial charge in [0.05, 0.1) is 12.0 Å². The van der Waals surface area contributed by atoms with Crippen LogP contribution < -0.4 is 15.4 Å². The first-order chi connectivity index (χ1) is 9.85. The summed E-state index contributed by atoms with van der Waals surface area (Å²) < 4.78 is 40.9. The molecule has 1 unspecified atom stereocenters. The van der Waals surface area contributed by atoms with E-state index >= 15 is 0 Å². The molecule has 2 rings (SSSR count). The third-order valence-electron chi connectivity index (χ3n) is 3.20.